The summed E-state index contributed by atoms with van der Waals surface area (Å²) in [7, 11) is -1.26. The molecule has 0 bridgehead atoms. The molecule has 1 aromatic heterocycles. The van der Waals surface area contributed by atoms with Crippen molar-refractivity contribution in [2.45, 2.75) is 25.8 Å². The molecule has 0 amide bonds. The lowest BCUT2D eigenvalue weighted by Gasteiger charge is -2.14. The minimum absolute atomic E-state index is 0.0843. The van der Waals surface area contributed by atoms with Crippen molar-refractivity contribution < 1.29 is 13.2 Å². The van der Waals surface area contributed by atoms with E-state index in [1.807, 2.05) is 31.2 Å². The highest BCUT2D eigenvalue weighted by Gasteiger charge is 2.28. The molecule has 0 spiro atoms. The van der Waals surface area contributed by atoms with E-state index in [2.05, 4.69) is 26.7 Å². The van der Waals surface area contributed by atoms with E-state index in [0.29, 0.717) is 18.1 Å². The van der Waals surface area contributed by atoms with Gasteiger partial charge < -0.3 is 15.4 Å². The number of sulfone groups is 1. The first-order valence-corrected chi connectivity index (χ1v) is 10.4. The van der Waals surface area contributed by atoms with Crippen molar-refractivity contribution in [2.24, 2.45) is 0 Å². The van der Waals surface area contributed by atoms with E-state index in [-0.39, 0.29) is 17.5 Å². The van der Waals surface area contributed by atoms with Crippen molar-refractivity contribution in [2.75, 3.05) is 35.8 Å². The van der Waals surface area contributed by atoms with Crippen molar-refractivity contribution in [1.82, 2.24) is 9.97 Å². The number of nitrogens with one attached hydrogen (secondary N) is 2. The molecule has 1 atom stereocenters. The van der Waals surface area contributed by atoms with E-state index in [0.717, 1.165) is 24.5 Å². The standard InChI is InChI=1S/C18H24N4O3S/c1-13-20-17(19-8-6-14-4-3-5-16(10-14)25-2)11-18(21-13)22-15-7-9-26(23,24)12-15/h3-5,10-11,15H,6-9,12H2,1-2H3,(H2,19,20,21,22). The zero-order chi connectivity index (χ0) is 18.6. The van der Waals surface area contributed by atoms with Gasteiger partial charge in [0.1, 0.15) is 23.2 Å². The van der Waals surface area contributed by atoms with Crippen molar-refractivity contribution >= 4 is 21.5 Å². The molecule has 2 heterocycles. The molecule has 140 valence electrons. The van der Waals surface area contributed by atoms with Crippen molar-refractivity contribution in [3.05, 3.63) is 41.7 Å². The molecule has 0 aliphatic carbocycles. The Bertz CT molecular complexity index is 870. The van der Waals surface area contributed by atoms with Gasteiger partial charge in [0, 0.05) is 18.7 Å². The summed E-state index contributed by atoms with van der Waals surface area (Å²) in [6.07, 6.45) is 1.45. The number of aryl methyl sites for hydroxylation is 1. The van der Waals surface area contributed by atoms with Crippen LogP contribution in [0.2, 0.25) is 0 Å². The molecule has 1 aromatic carbocycles. The third-order valence-corrected chi connectivity index (χ3v) is 6.04. The van der Waals surface area contributed by atoms with Gasteiger partial charge in [-0.25, -0.2) is 18.4 Å². The normalized spacial score (nSPS) is 18.5. The van der Waals surface area contributed by atoms with Gasteiger partial charge >= 0.3 is 0 Å². The van der Waals surface area contributed by atoms with Crippen LogP contribution in [-0.2, 0) is 16.3 Å². The Morgan fingerprint density at radius 1 is 1.23 bits per heavy atom. The van der Waals surface area contributed by atoms with Gasteiger partial charge in [0.05, 0.1) is 18.6 Å². The first kappa shape index (κ1) is 18.4. The predicted molar refractivity (Wildman–Crippen MR) is 103 cm³/mol. The van der Waals surface area contributed by atoms with Gasteiger partial charge in [-0.3, -0.25) is 0 Å². The summed E-state index contributed by atoms with van der Waals surface area (Å²) in [4.78, 5) is 8.76. The highest BCUT2D eigenvalue weighted by Crippen LogP contribution is 2.18. The quantitative estimate of drug-likeness (QED) is 0.764. The number of nitrogens with zero attached hydrogens (tertiary/aromatic N) is 2. The van der Waals surface area contributed by atoms with Gasteiger partial charge in [0.25, 0.3) is 0 Å². The molecule has 8 heteroatoms. The van der Waals surface area contributed by atoms with E-state index < -0.39 is 9.84 Å². The lowest BCUT2D eigenvalue weighted by Crippen LogP contribution is -2.21. The van der Waals surface area contributed by atoms with Gasteiger partial charge in [-0.2, -0.15) is 0 Å². The smallest absolute Gasteiger partial charge is 0.152 e. The van der Waals surface area contributed by atoms with Crippen molar-refractivity contribution in [3.8, 4) is 5.75 Å². The Labute approximate surface area is 154 Å². The molecule has 1 unspecified atom stereocenters. The highest BCUT2D eigenvalue weighted by atomic mass is 32.2. The van der Waals surface area contributed by atoms with Gasteiger partial charge in [-0.1, -0.05) is 12.1 Å². The van der Waals surface area contributed by atoms with Crippen LogP contribution in [0.15, 0.2) is 30.3 Å². The summed E-state index contributed by atoms with van der Waals surface area (Å²) >= 11 is 0. The maximum absolute atomic E-state index is 11.6. The number of benzene rings is 1. The zero-order valence-corrected chi connectivity index (χ0v) is 15.8. The summed E-state index contributed by atoms with van der Waals surface area (Å²) in [6, 6.07) is 9.71. The van der Waals surface area contributed by atoms with Crippen LogP contribution >= 0.6 is 0 Å². The van der Waals surface area contributed by atoms with Crippen LogP contribution in [0.5, 0.6) is 5.75 Å². The summed E-state index contributed by atoms with van der Waals surface area (Å²) in [6.45, 7) is 2.55. The average Bonchev–Trinajstić information content (AvgIpc) is 2.93. The molecule has 0 saturated carbocycles. The van der Waals surface area contributed by atoms with Gasteiger partial charge in [-0.15, -0.1) is 0 Å². The van der Waals surface area contributed by atoms with Crippen LogP contribution < -0.4 is 15.4 Å². The Kier molecular flexibility index (Phi) is 5.61. The third kappa shape index (κ3) is 5.08. The molecular formula is C18H24N4O3S. The number of aromatic nitrogens is 2. The monoisotopic (exact) mass is 376 g/mol. The summed E-state index contributed by atoms with van der Waals surface area (Å²) in [5, 5.41) is 6.52. The maximum atomic E-state index is 11.6. The van der Waals surface area contributed by atoms with Crippen LogP contribution in [0, 0.1) is 6.92 Å². The molecule has 1 fully saturated rings. The van der Waals surface area contributed by atoms with Crippen LogP contribution in [0.4, 0.5) is 11.6 Å². The van der Waals surface area contributed by atoms with E-state index in [4.69, 9.17) is 4.74 Å². The molecule has 3 rings (SSSR count). The number of anilines is 2. The molecule has 2 aromatic rings. The van der Waals surface area contributed by atoms with Crippen LogP contribution in [0.1, 0.15) is 17.8 Å². The number of hydrogen-bond acceptors (Lipinski definition) is 7. The van der Waals surface area contributed by atoms with E-state index in [1.54, 1.807) is 7.11 Å². The largest absolute Gasteiger partial charge is 0.497 e. The molecule has 1 aliphatic rings. The van der Waals surface area contributed by atoms with Gasteiger partial charge in [0.15, 0.2) is 9.84 Å². The number of methoxy groups -OCH3 is 1. The van der Waals surface area contributed by atoms with Gasteiger partial charge in [0.2, 0.25) is 0 Å². The van der Waals surface area contributed by atoms with Crippen LogP contribution in [0.3, 0.4) is 0 Å². The fraction of sp³-hybridized carbons (Fsp3) is 0.444. The molecule has 1 aliphatic heterocycles. The van der Waals surface area contributed by atoms with Crippen molar-refractivity contribution in [1.29, 1.82) is 0 Å². The van der Waals surface area contributed by atoms with E-state index >= 15 is 0 Å². The molecular weight excluding hydrogens is 352 g/mol. The Morgan fingerprint density at radius 2 is 2.04 bits per heavy atom. The number of rotatable bonds is 7. The first-order valence-electron chi connectivity index (χ1n) is 8.63. The second kappa shape index (κ2) is 7.90. The Morgan fingerprint density at radius 3 is 2.77 bits per heavy atom. The Balaban J connectivity index is 1.58. The topological polar surface area (TPSA) is 93.2 Å². The molecule has 26 heavy (non-hydrogen) atoms. The van der Waals surface area contributed by atoms with Gasteiger partial charge in [-0.05, 0) is 37.5 Å². The molecule has 2 N–H and O–H groups in total. The van der Waals surface area contributed by atoms with E-state index in [9.17, 15) is 8.42 Å². The summed E-state index contributed by atoms with van der Waals surface area (Å²) in [5.41, 5.74) is 1.18. The average molecular weight is 376 g/mol. The SMILES string of the molecule is COc1cccc(CCNc2cc(NC3CCS(=O)(=O)C3)nc(C)n2)c1. The lowest BCUT2D eigenvalue weighted by atomic mass is 10.1. The summed E-state index contributed by atoms with van der Waals surface area (Å²) < 4.78 is 28.4. The van der Waals surface area contributed by atoms with Crippen LogP contribution in [-0.4, -0.2) is 49.6 Å². The predicted octanol–water partition coefficient (Wildman–Crippen LogP) is 2.05. The Hall–Kier alpha value is -2.35. The highest BCUT2D eigenvalue weighted by molar-refractivity contribution is 7.91. The fourth-order valence-corrected chi connectivity index (χ4v) is 4.69. The van der Waals surface area contributed by atoms with Crippen LogP contribution in [0.25, 0.3) is 0 Å². The molecule has 7 nitrogen and oxygen atoms in total. The van der Waals surface area contributed by atoms with E-state index in [1.165, 1.54) is 5.56 Å². The third-order valence-electron chi connectivity index (χ3n) is 4.28. The lowest BCUT2D eigenvalue weighted by molar-refractivity contribution is 0.414. The number of ether oxygens (including phenoxy) is 1. The van der Waals surface area contributed by atoms with Crippen molar-refractivity contribution in [3.63, 3.8) is 0 Å². The summed E-state index contributed by atoms with van der Waals surface area (Å²) in [5.74, 6) is 3.26. The maximum Gasteiger partial charge on any atom is 0.152 e. The molecule has 0 radical (unpaired) electrons. The number of hydrogen-bond donors (Lipinski definition) is 2. The second-order valence-electron chi connectivity index (χ2n) is 6.46. The zero-order valence-electron chi connectivity index (χ0n) is 15.0. The minimum Gasteiger partial charge on any atom is -0.497 e. The molecule has 1 saturated heterocycles. The fourth-order valence-electron chi connectivity index (χ4n) is 3.01. The first-order chi connectivity index (χ1) is 12.4. The second-order valence-corrected chi connectivity index (χ2v) is 8.69. The minimum atomic E-state index is -2.92.